The number of aliphatic hydroxyl groups is 1. The van der Waals surface area contributed by atoms with E-state index in [9.17, 15) is 5.11 Å². The average Bonchev–Trinajstić information content (AvgIpc) is 2.33. The predicted octanol–water partition coefficient (Wildman–Crippen LogP) is 3.77. The van der Waals surface area contributed by atoms with Crippen LogP contribution in [0.5, 0.6) is 5.75 Å². The zero-order valence-corrected chi connectivity index (χ0v) is 11.5. The van der Waals surface area contributed by atoms with E-state index in [1.165, 1.54) is 24.0 Å². The first-order valence-electron chi connectivity index (χ1n) is 7.09. The molecule has 18 heavy (non-hydrogen) atoms. The van der Waals surface area contributed by atoms with Crippen LogP contribution in [-0.2, 0) is 0 Å². The van der Waals surface area contributed by atoms with Crippen molar-refractivity contribution in [3.63, 3.8) is 0 Å². The summed E-state index contributed by atoms with van der Waals surface area (Å²) in [5.74, 6) is 0.891. The molecule has 1 saturated carbocycles. The minimum atomic E-state index is -0.313. The molecule has 0 aromatic heterocycles. The Bertz CT molecular complexity index is 387. The van der Waals surface area contributed by atoms with E-state index in [0.717, 1.165) is 31.4 Å². The lowest BCUT2D eigenvalue weighted by atomic mass is 9.96. The van der Waals surface area contributed by atoms with Crippen molar-refractivity contribution in [2.45, 2.75) is 64.6 Å². The molecule has 0 amide bonds. The van der Waals surface area contributed by atoms with E-state index in [0.29, 0.717) is 0 Å². The van der Waals surface area contributed by atoms with Crippen LogP contribution < -0.4 is 4.74 Å². The quantitative estimate of drug-likeness (QED) is 0.863. The van der Waals surface area contributed by atoms with Crippen molar-refractivity contribution in [2.24, 2.45) is 0 Å². The molecule has 1 N–H and O–H groups in total. The number of benzene rings is 1. The van der Waals surface area contributed by atoms with Gasteiger partial charge in [0.25, 0.3) is 0 Å². The lowest BCUT2D eigenvalue weighted by Crippen LogP contribution is -2.32. The lowest BCUT2D eigenvalue weighted by molar-refractivity contribution is 0.0187. The van der Waals surface area contributed by atoms with E-state index in [-0.39, 0.29) is 12.2 Å². The molecular formula is C16H24O2. The van der Waals surface area contributed by atoms with Crippen molar-refractivity contribution in [3.05, 3.63) is 29.3 Å². The molecule has 0 saturated heterocycles. The average molecular weight is 248 g/mol. The van der Waals surface area contributed by atoms with Gasteiger partial charge in [-0.1, -0.05) is 25.3 Å². The van der Waals surface area contributed by atoms with Crippen molar-refractivity contribution in [2.75, 3.05) is 0 Å². The van der Waals surface area contributed by atoms with Crippen molar-refractivity contribution in [1.82, 2.24) is 0 Å². The molecule has 2 unspecified atom stereocenters. The van der Waals surface area contributed by atoms with Gasteiger partial charge in [-0.2, -0.15) is 0 Å². The Kier molecular flexibility index (Phi) is 4.65. The van der Waals surface area contributed by atoms with Gasteiger partial charge in [0.15, 0.2) is 0 Å². The van der Waals surface area contributed by atoms with Gasteiger partial charge in [0, 0.05) is 0 Å². The second-order valence-corrected chi connectivity index (χ2v) is 5.46. The molecule has 100 valence electrons. The number of hydrogen-bond acceptors (Lipinski definition) is 2. The Morgan fingerprint density at radius 1 is 1.00 bits per heavy atom. The first-order chi connectivity index (χ1) is 8.66. The highest BCUT2D eigenvalue weighted by Crippen LogP contribution is 2.24. The molecule has 2 nitrogen and oxygen atoms in total. The van der Waals surface area contributed by atoms with Crippen LogP contribution in [-0.4, -0.2) is 17.3 Å². The second kappa shape index (κ2) is 6.24. The van der Waals surface area contributed by atoms with Crippen molar-refractivity contribution in [3.8, 4) is 5.75 Å². The molecule has 1 aliphatic rings. The van der Waals surface area contributed by atoms with Gasteiger partial charge in [-0.05, 0) is 56.4 Å². The van der Waals surface area contributed by atoms with Crippen molar-refractivity contribution in [1.29, 1.82) is 0 Å². The fraction of sp³-hybridized carbons (Fsp3) is 0.625. The summed E-state index contributed by atoms with van der Waals surface area (Å²) in [5.41, 5.74) is 2.52. The molecule has 1 aliphatic carbocycles. The topological polar surface area (TPSA) is 29.5 Å². The lowest BCUT2D eigenvalue weighted by Gasteiger charge is -2.26. The fourth-order valence-corrected chi connectivity index (χ4v) is 2.53. The Hall–Kier alpha value is -1.02. The van der Waals surface area contributed by atoms with Crippen LogP contribution in [0.3, 0.4) is 0 Å². The van der Waals surface area contributed by atoms with E-state index in [1.807, 2.05) is 6.07 Å². The molecule has 0 bridgehead atoms. The van der Waals surface area contributed by atoms with Gasteiger partial charge in [-0.3, -0.25) is 0 Å². The van der Waals surface area contributed by atoms with Crippen LogP contribution >= 0.6 is 0 Å². The molecule has 1 aromatic rings. The molecule has 2 rings (SSSR count). The predicted molar refractivity (Wildman–Crippen MR) is 74.0 cm³/mol. The highest BCUT2D eigenvalue weighted by molar-refractivity contribution is 5.34. The van der Waals surface area contributed by atoms with E-state index in [4.69, 9.17) is 4.74 Å². The van der Waals surface area contributed by atoms with Gasteiger partial charge in [0.1, 0.15) is 11.9 Å². The summed E-state index contributed by atoms with van der Waals surface area (Å²) < 4.78 is 5.99. The molecule has 1 aromatic carbocycles. The van der Waals surface area contributed by atoms with Crippen LogP contribution in [0.1, 0.15) is 49.7 Å². The number of rotatable bonds is 2. The van der Waals surface area contributed by atoms with Gasteiger partial charge >= 0.3 is 0 Å². The summed E-state index contributed by atoms with van der Waals surface area (Å²) in [6.07, 6.45) is 6.27. The third-order valence-electron chi connectivity index (χ3n) is 3.93. The maximum Gasteiger partial charge on any atom is 0.124 e. The van der Waals surface area contributed by atoms with Crippen molar-refractivity contribution < 1.29 is 9.84 Å². The molecular weight excluding hydrogens is 224 g/mol. The molecule has 2 heteroatoms. The van der Waals surface area contributed by atoms with Gasteiger partial charge in [0.2, 0.25) is 0 Å². The summed E-state index contributed by atoms with van der Waals surface area (Å²) in [7, 11) is 0. The Labute approximate surface area is 110 Å². The van der Waals surface area contributed by atoms with Crippen LogP contribution in [0.25, 0.3) is 0 Å². The number of hydrogen-bond donors (Lipinski definition) is 1. The second-order valence-electron chi connectivity index (χ2n) is 5.46. The largest absolute Gasteiger partial charge is 0.488 e. The summed E-state index contributed by atoms with van der Waals surface area (Å²) >= 11 is 0. The van der Waals surface area contributed by atoms with Crippen LogP contribution in [0.2, 0.25) is 0 Å². The van der Waals surface area contributed by atoms with Crippen LogP contribution in [0.4, 0.5) is 0 Å². The molecule has 2 atom stereocenters. The number of aliphatic hydroxyl groups excluding tert-OH is 1. The SMILES string of the molecule is Cc1ccc(OC2CCCCCCC2O)cc1C. The fourth-order valence-electron chi connectivity index (χ4n) is 2.53. The molecule has 0 spiro atoms. The minimum absolute atomic E-state index is 0.0348. The highest BCUT2D eigenvalue weighted by Gasteiger charge is 2.22. The molecule has 1 fully saturated rings. The third kappa shape index (κ3) is 3.49. The molecule has 0 heterocycles. The van der Waals surface area contributed by atoms with Gasteiger partial charge < -0.3 is 9.84 Å². The maximum absolute atomic E-state index is 10.1. The van der Waals surface area contributed by atoms with Gasteiger partial charge in [-0.25, -0.2) is 0 Å². The summed E-state index contributed by atoms with van der Waals surface area (Å²) in [6.45, 7) is 4.19. The molecule has 0 aliphatic heterocycles. The third-order valence-corrected chi connectivity index (χ3v) is 3.93. The zero-order chi connectivity index (χ0) is 13.0. The van der Waals surface area contributed by atoms with Crippen molar-refractivity contribution >= 4 is 0 Å². The first-order valence-corrected chi connectivity index (χ1v) is 7.09. The van der Waals surface area contributed by atoms with E-state index in [2.05, 4.69) is 26.0 Å². The van der Waals surface area contributed by atoms with Crippen LogP contribution in [0, 0.1) is 13.8 Å². The summed E-state index contributed by atoms with van der Waals surface area (Å²) in [6, 6.07) is 6.16. The number of aryl methyl sites for hydroxylation is 2. The van der Waals surface area contributed by atoms with Crippen LogP contribution in [0.15, 0.2) is 18.2 Å². The smallest absolute Gasteiger partial charge is 0.124 e. The minimum Gasteiger partial charge on any atom is -0.488 e. The Morgan fingerprint density at radius 3 is 2.44 bits per heavy atom. The standard InChI is InChI=1S/C16H24O2/c1-12-9-10-14(11-13(12)2)18-16-8-6-4-3-5-7-15(16)17/h9-11,15-17H,3-8H2,1-2H3. The zero-order valence-electron chi connectivity index (χ0n) is 11.5. The molecule has 0 radical (unpaired) electrons. The normalized spacial score (nSPS) is 25.3. The van der Waals surface area contributed by atoms with Gasteiger partial charge in [0.05, 0.1) is 6.10 Å². The number of ether oxygens (including phenoxy) is 1. The van der Waals surface area contributed by atoms with E-state index < -0.39 is 0 Å². The first kappa shape index (κ1) is 13.4. The maximum atomic E-state index is 10.1. The summed E-state index contributed by atoms with van der Waals surface area (Å²) in [5, 5.41) is 10.1. The Balaban J connectivity index is 2.03. The highest BCUT2D eigenvalue weighted by atomic mass is 16.5. The monoisotopic (exact) mass is 248 g/mol. The van der Waals surface area contributed by atoms with Gasteiger partial charge in [-0.15, -0.1) is 0 Å². The van der Waals surface area contributed by atoms with E-state index in [1.54, 1.807) is 0 Å². The van der Waals surface area contributed by atoms with E-state index >= 15 is 0 Å². The Morgan fingerprint density at radius 2 is 1.72 bits per heavy atom. The summed E-state index contributed by atoms with van der Waals surface area (Å²) in [4.78, 5) is 0.